The maximum absolute atomic E-state index is 12.6. The van der Waals surface area contributed by atoms with Gasteiger partial charge < -0.3 is 20.4 Å². The van der Waals surface area contributed by atoms with Gasteiger partial charge in [0.2, 0.25) is 5.95 Å². The number of oxime groups is 1. The van der Waals surface area contributed by atoms with Crippen LogP contribution in [-0.4, -0.2) is 65.3 Å². The predicted molar refractivity (Wildman–Crippen MR) is 91.0 cm³/mol. The molecule has 1 aliphatic heterocycles. The molecule has 1 amide bonds. The second kappa shape index (κ2) is 8.07. The van der Waals surface area contributed by atoms with Crippen LogP contribution >= 0.6 is 0 Å². The van der Waals surface area contributed by atoms with Gasteiger partial charge in [-0.25, -0.2) is 9.97 Å². The molecule has 1 unspecified atom stereocenters. The van der Waals surface area contributed by atoms with Gasteiger partial charge in [-0.15, -0.1) is 0 Å². The molecule has 0 spiro atoms. The topological polar surface area (TPSA) is 96.9 Å². The Morgan fingerprint density at radius 1 is 1.26 bits per heavy atom. The molecule has 0 bridgehead atoms. The van der Waals surface area contributed by atoms with E-state index in [1.54, 1.807) is 9.80 Å². The Balaban J connectivity index is 1.46. The largest absolute Gasteiger partial charge is 0.419 e. The number of piperazine rings is 1. The molecule has 2 aliphatic rings. The van der Waals surface area contributed by atoms with Crippen molar-refractivity contribution in [3.63, 3.8) is 0 Å². The summed E-state index contributed by atoms with van der Waals surface area (Å²) < 4.78 is 37.7. The quantitative estimate of drug-likeness (QED) is 0.777. The Bertz CT molecular complexity index is 686. The van der Waals surface area contributed by atoms with Crippen molar-refractivity contribution < 1.29 is 22.8 Å². The highest BCUT2D eigenvalue weighted by atomic mass is 19.4. The fourth-order valence-electron chi connectivity index (χ4n) is 3.02. The van der Waals surface area contributed by atoms with Crippen LogP contribution in [0.5, 0.6) is 0 Å². The SMILES string of the molecule is NC1CCCC1=NOCC(=O)N1CCN(c2ncc(C(F)(F)F)cn2)CC1. The average molecular weight is 386 g/mol. The smallest absolute Gasteiger partial charge is 0.386 e. The maximum atomic E-state index is 12.6. The fourth-order valence-corrected chi connectivity index (χ4v) is 3.02. The molecule has 1 atom stereocenters. The van der Waals surface area contributed by atoms with Crippen LogP contribution in [0.15, 0.2) is 17.5 Å². The van der Waals surface area contributed by atoms with Crippen LogP contribution < -0.4 is 10.6 Å². The zero-order valence-electron chi connectivity index (χ0n) is 14.7. The third-order valence-corrected chi connectivity index (χ3v) is 4.63. The Hall–Kier alpha value is -2.43. The third kappa shape index (κ3) is 4.85. The minimum Gasteiger partial charge on any atom is -0.386 e. The molecule has 0 aromatic carbocycles. The van der Waals surface area contributed by atoms with Crippen LogP contribution in [0, 0.1) is 0 Å². The number of nitrogens with two attached hydrogens (primary N) is 1. The molecule has 3 rings (SSSR count). The van der Waals surface area contributed by atoms with Gasteiger partial charge in [0.25, 0.3) is 5.91 Å². The number of carbonyl (C=O) groups is 1. The molecule has 148 valence electrons. The summed E-state index contributed by atoms with van der Waals surface area (Å²) >= 11 is 0. The lowest BCUT2D eigenvalue weighted by molar-refractivity contribution is -0.138. The number of rotatable bonds is 4. The Kier molecular flexibility index (Phi) is 5.78. The predicted octanol–water partition coefficient (Wildman–Crippen LogP) is 1.03. The summed E-state index contributed by atoms with van der Waals surface area (Å²) in [7, 11) is 0. The first-order valence-corrected chi connectivity index (χ1v) is 8.71. The molecule has 2 fully saturated rings. The summed E-state index contributed by atoms with van der Waals surface area (Å²) in [6.07, 6.45) is -0.285. The van der Waals surface area contributed by atoms with Crippen molar-refractivity contribution in [1.29, 1.82) is 0 Å². The highest BCUT2D eigenvalue weighted by Crippen LogP contribution is 2.28. The first kappa shape index (κ1) is 19.3. The monoisotopic (exact) mass is 386 g/mol. The lowest BCUT2D eigenvalue weighted by Gasteiger charge is -2.34. The first-order valence-electron chi connectivity index (χ1n) is 8.71. The Morgan fingerprint density at radius 3 is 2.48 bits per heavy atom. The second-order valence-corrected chi connectivity index (χ2v) is 6.49. The van der Waals surface area contributed by atoms with Crippen LogP contribution in [0.4, 0.5) is 19.1 Å². The molecule has 27 heavy (non-hydrogen) atoms. The number of alkyl halides is 3. The highest BCUT2D eigenvalue weighted by molar-refractivity contribution is 5.90. The summed E-state index contributed by atoms with van der Waals surface area (Å²) in [5, 5.41) is 3.95. The molecule has 11 heteroatoms. The molecule has 1 saturated carbocycles. The van der Waals surface area contributed by atoms with E-state index in [0.717, 1.165) is 37.4 Å². The summed E-state index contributed by atoms with van der Waals surface area (Å²) in [5.74, 6) is 0.0203. The van der Waals surface area contributed by atoms with E-state index < -0.39 is 11.7 Å². The van der Waals surface area contributed by atoms with Gasteiger partial charge in [-0.2, -0.15) is 13.2 Å². The van der Waals surface area contributed by atoms with Gasteiger partial charge in [0.15, 0.2) is 6.61 Å². The molecule has 1 aromatic heterocycles. The van der Waals surface area contributed by atoms with E-state index in [2.05, 4.69) is 15.1 Å². The van der Waals surface area contributed by atoms with E-state index in [1.165, 1.54) is 0 Å². The standard InChI is InChI=1S/C16H21F3N6O2/c17-16(18,19)11-8-21-15(22-9-11)25-6-4-24(5-7-25)14(26)10-27-23-13-3-1-2-12(13)20/h8-9,12H,1-7,10,20H2. The number of nitrogens with zero attached hydrogens (tertiary/aromatic N) is 5. The van der Waals surface area contributed by atoms with E-state index in [0.29, 0.717) is 26.2 Å². The molecule has 8 nitrogen and oxygen atoms in total. The molecular formula is C16H21F3N6O2. The average Bonchev–Trinajstić information content (AvgIpc) is 3.06. The molecule has 2 heterocycles. The lowest BCUT2D eigenvalue weighted by Crippen LogP contribution is -2.50. The summed E-state index contributed by atoms with van der Waals surface area (Å²) in [6.45, 7) is 1.51. The fraction of sp³-hybridized carbons (Fsp3) is 0.625. The van der Waals surface area contributed by atoms with Gasteiger partial charge in [-0.1, -0.05) is 5.16 Å². The van der Waals surface area contributed by atoms with Crippen molar-refractivity contribution in [3.8, 4) is 0 Å². The number of aromatic nitrogens is 2. The van der Waals surface area contributed by atoms with Crippen molar-refractivity contribution in [2.45, 2.75) is 31.5 Å². The van der Waals surface area contributed by atoms with Gasteiger partial charge >= 0.3 is 6.18 Å². The van der Waals surface area contributed by atoms with Crippen molar-refractivity contribution in [3.05, 3.63) is 18.0 Å². The minimum atomic E-state index is -4.46. The van der Waals surface area contributed by atoms with Gasteiger partial charge in [0.05, 0.1) is 11.3 Å². The van der Waals surface area contributed by atoms with Gasteiger partial charge in [0, 0.05) is 44.6 Å². The second-order valence-electron chi connectivity index (χ2n) is 6.49. The molecule has 1 aromatic rings. The van der Waals surface area contributed by atoms with Crippen LogP contribution in [0.3, 0.4) is 0 Å². The zero-order chi connectivity index (χ0) is 19.4. The zero-order valence-corrected chi connectivity index (χ0v) is 14.7. The third-order valence-electron chi connectivity index (χ3n) is 4.63. The Morgan fingerprint density at radius 2 is 1.93 bits per heavy atom. The van der Waals surface area contributed by atoms with Crippen molar-refractivity contribution in [2.24, 2.45) is 10.9 Å². The van der Waals surface area contributed by atoms with Crippen molar-refractivity contribution in [2.75, 3.05) is 37.7 Å². The van der Waals surface area contributed by atoms with E-state index >= 15 is 0 Å². The first-order chi connectivity index (χ1) is 12.8. The van der Waals surface area contributed by atoms with E-state index in [4.69, 9.17) is 10.6 Å². The minimum absolute atomic E-state index is 0.0904. The highest BCUT2D eigenvalue weighted by Gasteiger charge is 2.32. The number of carbonyl (C=O) groups excluding carboxylic acids is 1. The summed E-state index contributed by atoms with van der Waals surface area (Å²) in [4.78, 5) is 28.2. The van der Waals surface area contributed by atoms with Gasteiger partial charge in [-0.05, 0) is 19.3 Å². The van der Waals surface area contributed by atoms with Gasteiger partial charge in [-0.3, -0.25) is 4.79 Å². The maximum Gasteiger partial charge on any atom is 0.419 e. The van der Waals surface area contributed by atoms with Crippen LogP contribution in [-0.2, 0) is 15.8 Å². The van der Waals surface area contributed by atoms with Crippen LogP contribution in [0.25, 0.3) is 0 Å². The van der Waals surface area contributed by atoms with Crippen molar-refractivity contribution in [1.82, 2.24) is 14.9 Å². The number of hydrogen-bond acceptors (Lipinski definition) is 7. The van der Waals surface area contributed by atoms with Crippen molar-refractivity contribution >= 4 is 17.6 Å². The van der Waals surface area contributed by atoms with E-state index in [1.807, 2.05) is 0 Å². The van der Waals surface area contributed by atoms with Crippen LogP contribution in [0.2, 0.25) is 0 Å². The number of amides is 1. The number of hydrogen-bond donors (Lipinski definition) is 1. The Labute approximate surface area is 154 Å². The normalized spacial score (nSPS) is 22.4. The molecular weight excluding hydrogens is 365 g/mol. The van der Waals surface area contributed by atoms with E-state index in [-0.39, 0.29) is 24.5 Å². The molecule has 0 radical (unpaired) electrons. The molecule has 1 aliphatic carbocycles. The van der Waals surface area contributed by atoms with Crippen LogP contribution in [0.1, 0.15) is 24.8 Å². The van der Waals surface area contributed by atoms with Gasteiger partial charge in [0.1, 0.15) is 0 Å². The van der Waals surface area contributed by atoms with E-state index in [9.17, 15) is 18.0 Å². The number of anilines is 1. The number of halogens is 3. The molecule has 1 saturated heterocycles. The molecule has 2 N–H and O–H groups in total. The lowest BCUT2D eigenvalue weighted by atomic mass is 10.2. The summed E-state index contributed by atoms with van der Waals surface area (Å²) in [5.41, 5.74) is 5.75. The summed E-state index contributed by atoms with van der Waals surface area (Å²) in [6, 6.07) is -0.0904.